The van der Waals surface area contributed by atoms with Crippen LogP contribution in [0.3, 0.4) is 0 Å². The second-order valence-electron chi connectivity index (χ2n) is 6.23. The zero-order valence-corrected chi connectivity index (χ0v) is 16.2. The number of thioether (sulfide) groups is 1. The number of para-hydroxylation sites is 1. The molecular weight excluding hydrogens is 360 g/mol. The van der Waals surface area contributed by atoms with E-state index in [-0.39, 0.29) is 5.91 Å². The first-order chi connectivity index (χ1) is 13.1. The number of nitrogens with one attached hydrogen (secondary N) is 1. The summed E-state index contributed by atoms with van der Waals surface area (Å²) in [5.74, 6) is 1.49. The van der Waals surface area contributed by atoms with E-state index >= 15 is 0 Å². The Morgan fingerprint density at radius 3 is 2.81 bits per heavy atom. The van der Waals surface area contributed by atoms with Gasteiger partial charge in [-0.15, -0.1) is 5.10 Å². The van der Waals surface area contributed by atoms with Crippen LogP contribution in [-0.4, -0.2) is 28.9 Å². The Bertz CT molecular complexity index is 1060. The van der Waals surface area contributed by atoms with Gasteiger partial charge in [0.05, 0.1) is 12.5 Å². The number of amidine groups is 1. The summed E-state index contributed by atoms with van der Waals surface area (Å²) in [6, 6.07) is 13.6. The summed E-state index contributed by atoms with van der Waals surface area (Å²) in [5.41, 5.74) is 2.50. The van der Waals surface area contributed by atoms with Gasteiger partial charge in [-0.05, 0) is 42.0 Å². The topological polar surface area (TPSA) is 66.3 Å². The number of hydrazone groups is 1. The highest BCUT2D eigenvalue weighted by molar-refractivity contribution is 8.13. The Labute approximate surface area is 161 Å². The minimum Gasteiger partial charge on any atom is -0.496 e. The number of ether oxygens (including phenoxy) is 1. The SMILES string of the molecule is CCSC1=NN2C(=c3ccccc3=N[C@H]2c2ccc(OC)c(C)c2)C(=O)N1. The predicted molar refractivity (Wildman–Crippen MR) is 107 cm³/mol. The number of carbonyl (C=O) groups is 1. The van der Waals surface area contributed by atoms with Gasteiger partial charge in [0.2, 0.25) is 0 Å². The Balaban J connectivity index is 1.92. The molecule has 138 valence electrons. The van der Waals surface area contributed by atoms with Gasteiger partial charge in [-0.1, -0.05) is 43.0 Å². The number of fused-ring (bicyclic) bond motifs is 2. The molecule has 0 saturated heterocycles. The Kier molecular flexibility index (Phi) is 4.61. The molecule has 0 bridgehead atoms. The molecule has 6 nitrogen and oxygen atoms in total. The van der Waals surface area contributed by atoms with Gasteiger partial charge in [0.1, 0.15) is 11.4 Å². The highest BCUT2D eigenvalue weighted by Crippen LogP contribution is 2.32. The van der Waals surface area contributed by atoms with Gasteiger partial charge in [0, 0.05) is 5.22 Å². The first-order valence-electron chi connectivity index (χ1n) is 8.76. The molecule has 7 heteroatoms. The molecule has 1 atom stereocenters. The van der Waals surface area contributed by atoms with Gasteiger partial charge in [0.25, 0.3) is 5.91 Å². The summed E-state index contributed by atoms with van der Waals surface area (Å²) in [4.78, 5) is 17.8. The van der Waals surface area contributed by atoms with Crippen molar-refractivity contribution in [3.8, 4) is 5.75 Å². The van der Waals surface area contributed by atoms with Gasteiger partial charge in [-0.2, -0.15) is 0 Å². The molecule has 27 heavy (non-hydrogen) atoms. The number of benzene rings is 2. The number of nitrogens with zero attached hydrogens (tertiary/aromatic N) is 3. The monoisotopic (exact) mass is 380 g/mol. The number of aryl methyl sites for hydroxylation is 1. The molecule has 0 saturated carbocycles. The maximum atomic E-state index is 12.9. The van der Waals surface area contributed by atoms with Gasteiger partial charge >= 0.3 is 0 Å². The number of carbonyl (C=O) groups excluding carboxylic acids is 1. The molecule has 0 fully saturated rings. The Morgan fingerprint density at radius 2 is 2.07 bits per heavy atom. The molecule has 1 N–H and O–H groups in total. The smallest absolute Gasteiger partial charge is 0.276 e. The van der Waals surface area contributed by atoms with Crippen molar-refractivity contribution in [3.05, 3.63) is 64.2 Å². The number of rotatable bonds is 3. The van der Waals surface area contributed by atoms with E-state index in [4.69, 9.17) is 14.8 Å². The van der Waals surface area contributed by atoms with E-state index in [0.29, 0.717) is 10.9 Å². The van der Waals surface area contributed by atoms with Crippen molar-refractivity contribution in [1.29, 1.82) is 0 Å². The third-order valence-electron chi connectivity index (χ3n) is 4.51. The van der Waals surface area contributed by atoms with E-state index < -0.39 is 6.17 Å². The first kappa shape index (κ1) is 17.6. The molecule has 4 rings (SSSR count). The Morgan fingerprint density at radius 1 is 1.26 bits per heavy atom. The minimum absolute atomic E-state index is 0.154. The van der Waals surface area contributed by atoms with Crippen LogP contribution in [0, 0.1) is 6.92 Å². The summed E-state index contributed by atoms with van der Waals surface area (Å²) in [7, 11) is 1.66. The van der Waals surface area contributed by atoms with Gasteiger partial charge in [-0.25, -0.2) is 5.01 Å². The van der Waals surface area contributed by atoms with Crippen molar-refractivity contribution >= 4 is 28.5 Å². The van der Waals surface area contributed by atoms with Crippen LogP contribution in [0.4, 0.5) is 0 Å². The summed E-state index contributed by atoms with van der Waals surface area (Å²) in [6.45, 7) is 4.02. The zero-order valence-electron chi connectivity index (χ0n) is 15.4. The van der Waals surface area contributed by atoms with Crippen molar-refractivity contribution in [1.82, 2.24) is 10.3 Å². The number of methoxy groups -OCH3 is 1. The lowest BCUT2D eigenvalue weighted by atomic mass is 10.1. The van der Waals surface area contributed by atoms with E-state index in [9.17, 15) is 4.79 Å². The van der Waals surface area contributed by atoms with E-state index in [1.165, 1.54) is 11.8 Å². The zero-order chi connectivity index (χ0) is 19.0. The van der Waals surface area contributed by atoms with Crippen LogP contribution >= 0.6 is 11.8 Å². The average molecular weight is 380 g/mol. The molecule has 2 aromatic carbocycles. The van der Waals surface area contributed by atoms with Crippen LogP contribution in [0.15, 0.2) is 52.6 Å². The van der Waals surface area contributed by atoms with Crippen LogP contribution < -0.4 is 20.6 Å². The van der Waals surface area contributed by atoms with Crippen LogP contribution in [0.1, 0.15) is 24.2 Å². The molecule has 2 heterocycles. The fraction of sp³-hybridized carbons (Fsp3) is 0.250. The molecule has 2 aliphatic heterocycles. The summed E-state index contributed by atoms with van der Waals surface area (Å²) in [6.07, 6.45) is -0.405. The molecule has 2 aromatic rings. The second-order valence-corrected chi connectivity index (χ2v) is 7.49. The molecule has 2 aliphatic rings. The molecule has 0 radical (unpaired) electrons. The van der Waals surface area contributed by atoms with Crippen LogP contribution in [0.5, 0.6) is 5.75 Å². The lowest BCUT2D eigenvalue weighted by molar-refractivity contribution is -0.116. The van der Waals surface area contributed by atoms with Crippen molar-refractivity contribution in [2.75, 3.05) is 12.9 Å². The predicted octanol–water partition coefficient (Wildman–Crippen LogP) is 1.90. The highest BCUT2D eigenvalue weighted by Gasteiger charge is 2.34. The summed E-state index contributed by atoms with van der Waals surface area (Å²) in [5, 5.41) is 11.5. The number of hydrogen-bond donors (Lipinski definition) is 1. The van der Waals surface area contributed by atoms with Crippen LogP contribution in [0.2, 0.25) is 0 Å². The standard InChI is InChI=1S/C20H20N4O2S/c1-4-27-20-22-19(25)17-14-7-5-6-8-15(14)21-18(24(17)23-20)13-9-10-16(26-3)12(2)11-13/h5-11,18H,4H2,1-3H3,(H,22,23,25)/t18-/m1/s1. The fourth-order valence-corrected chi connectivity index (χ4v) is 3.89. The maximum absolute atomic E-state index is 12.9. The average Bonchev–Trinajstić information content (AvgIpc) is 2.67. The fourth-order valence-electron chi connectivity index (χ4n) is 3.31. The first-order valence-corrected chi connectivity index (χ1v) is 9.74. The van der Waals surface area contributed by atoms with Crippen molar-refractivity contribution in [3.63, 3.8) is 0 Å². The number of hydrogen-bond acceptors (Lipinski definition) is 6. The maximum Gasteiger partial charge on any atom is 0.276 e. The van der Waals surface area contributed by atoms with E-state index in [2.05, 4.69) is 5.32 Å². The largest absolute Gasteiger partial charge is 0.496 e. The molecule has 0 aliphatic carbocycles. The van der Waals surface area contributed by atoms with Crippen molar-refractivity contribution in [2.24, 2.45) is 10.1 Å². The number of amides is 1. The quantitative estimate of drug-likeness (QED) is 0.883. The normalized spacial score (nSPS) is 18.1. The van der Waals surface area contributed by atoms with Gasteiger partial charge < -0.3 is 4.74 Å². The third kappa shape index (κ3) is 3.08. The van der Waals surface area contributed by atoms with E-state index in [1.54, 1.807) is 12.1 Å². The highest BCUT2D eigenvalue weighted by atomic mass is 32.2. The molecule has 0 unspecified atom stereocenters. The van der Waals surface area contributed by atoms with Crippen molar-refractivity contribution in [2.45, 2.75) is 20.0 Å². The minimum atomic E-state index is -0.405. The lowest BCUT2D eigenvalue weighted by Crippen LogP contribution is -2.50. The van der Waals surface area contributed by atoms with Crippen LogP contribution in [-0.2, 0) is 4.79 Å². The Hall–Kier alpha value is -2.80. The molecule has 0 spiro atoms. The molecular formula is C20H20N4O2S. The van der Waals surface area contributed by atoms with Gasteiger partial charge in [-0.3, -0.25) is 15.1 Å². The second kappa shape index (κ2) is 7.08. The van der Waals surface area contributed by atoms with E-state index in [0.717, 1.165) is 33.2 Å². The lowest BCUT2D eigenvalue weighted by Gasteiger charge is -2.34. The van der Waals surface area contributed by atoms with E-state index in [1.807, 2.05) is 56.3 Å². The molecule has 0 aromatic heterocycles. The molecule has 1 amide bonds. The summed E-state index contributed by atoms with van der Waals surface area (Å²) < 4.78 is 5.37. The summed E-state index contributed by atoms with van der Waals surface area (Å²) >= 11 is 1.50. The van der Waals surface area contributed by atoms with Gasteiger partial charge in [0.15, 0.2) is 11.3 Å². The van der Waals surface area contributed by atoms with Crippen molar-refractivity contribution < 1.29 is 9.53 Å². The van der Waals surface area contributed by atoms with Crippen LogP contribution in [0.25, 0.3) is 5.70 Å². The third-order valence-corrected chi connectivity index (χ3v) is 5.26.